The number of fused-ring (bicyclic) bond motifs is 1. The topological polar surface area (TPSA) is 25.8 Å². The molecule has 0 fully saturated rings. The number of aromatic nitrogens is 2. The van der Waals surface area contributed by atoms with Gasteiger partial charge < -0.3 is 0 Å². The van der Waals surface area contributed by atoms with Crippen molar-refractivity contribution in [1.29, 1.82) is 0 Å². The fourth-order valence-electron chi connectivity index (χ4n) is 2.21. The molecule has 14 heavy (non-hydrogen) atoms. The summed E-state index contributed by atoms with van der Waals surface area (Å²) in [6, 6.07) is 0. The van der Waals surface area contributed by atoms with Gasteiger partial charge in [0.2, 0.25) is 0 Å². The summed E-state index contributed by atoms with van der Waals surface area (Å²) in [5.41, 5.74) is 5.10. The summed E-state index contributed by atoms with van der Waals surface area (Å²) in [6.45, 7) is 8.71. The number of rotatable bonds is 0. The molecule has 0 spiro atoms. The highest BCUT2D eigenvalue weighted by Gasteiger charge is 2.25. The molecule has 0 atom stereocenters. The predicted molar refractivity (Wildman–Crippen MR) is 57.9 cm³/mol. The Balaban J connectivity index is 2.62. The Morgan fingerprint density at radius 2 is 1.93 bits per heavy atom. The maximum atomic E-state index is 4.35. The fourth-order valence-corrected chi connectivity index (χ4v) is 2.21. The van der Waals surface area contributed by atoms with Gasteiger partial charge in [0.1, 0.15) is 6.33 Å². The Labute approximate surface area is 85.1 Å². The summed E-state index contributed by atoms with van der Waals surface area (Å²) in [5.74, 6) is 0. The minimum atomic E-state index is 0.243. The summed E-state index contributed by atoms with van der Waals surface area (Å²) in [5, 5.41) is 0. The van der Waals surface area contributed by atoms with Gasteiger partial charge in [0, 0.05) is 11.3 Å². The molecule has 74 valence electrons. The minimum Gasteiger partial charge on any atom is -0.241 e. The van der Waals surface area contributed by atoms with E-state index in [1.165, 1.54) is 11.1 Å². The van der Waals surface area contributed by atoms with E-state index in [0.29, 0.717) is 0 Å². The Bertz CT molecular complexity index is 403. The average molecular weight is 188 g/mol. The van der Waals surface area contributed by atoms with Crippen molar-refractivity contribution in [2.75, 3.05) is 0 Å². The van der Waals surface area contributed by atoms with Crippen LogP contribution in [0.5, 0.6) is 0 Å². The van der Waals surface area contributed by atoms with Crippen LogP contribution in [-0.4, -0.2) is 9.97 Å². The number of aryl methyl sites for hydroxylation is 1. The van der Waals surface area contributed by atoms with Crippen molar-refractivity contribution in [1.82, 2.24) is 9.97 Å². The number of hydrogen-bond donors (Lipinski definition) is 0. The van der Waals surface area contributed by atoms with Crippen LogP contribution < -0.4 is 0 Å². The highest BCUT2D eigenvalue weighted by Crippen LogP contribution is 2.35. The van der Waals surface area contributed by atoms with Gasteiger partial charge in [-0.25, -0.2) is 9.97 Å². The molecule has 1 aromatic rings. The fraction of sp³-hybridized carbons (Fsp3) is 0.500. The average Bonchev–Trinajstić information content (AvgIpc) is 2.05. The van der Waals surface area contributed by atoms with Gasteiger partial charge in [0.25, 0.3) is 0 Å². The van der Waals surface area contributed by atoms with Gasteiger partial charge in [0.15, 0.2) is 0 Å². The lowest BCUT2D eigenvalue weighted by atomic mass is 9.78. The first kappa shape index (κ1) is 9.38. The van der Waals surface area contributed by atoms with Gasteiger partial charge in [0.05, 0.1) is 5.69 Å². The first-order valence-corrected chi connectivity index (χ1v) is 5.00. The monoisotopic (exact) mass is 188 g/mol. The van der Waals surface area contributed by atoms with E-state index in [1.54, 1.807) is 6.33 Å². The van der Waals surface area contributed by atoms with Crippen LogP contribution in [0.4, 0.5) is 0 Å². The van der Waals surface area contributed by atoms with Crippen LogP contribution in [0.15, 0.2) is 12.4 Å². The van der Waals surface area contributed by atoms with Gasteiger partial charge >= 0.3 is 0 Å². The van der Waals surface area contributed by atoms with E-state index in [-0.39, 0.29) is 5.41 Å². The summed E-state index contributed by atoms with van der Waals surface area (Å²) < 4.78 is 0. The molecule has 0 N–H and O–H groups in total. The van der Waals surface area contributed by atoms with E-state index >= 15 is 0 Å². The lowest BCUT2D eigenvalue weighted by Gasteiger charge is -2.28. The Hall–Kier alpha value is -1.18. The molecule has 0 unspecified atom stereocenters. The molecule has 0 saturated heterocycles. The molecule has 2 nitrogen and oxygen atoms in total. The predicted octanol–water partition coefficient (Wildman–Crippen LogP) is 2.77. The zero-order valence-corrected chi connectivity index (χ0v) is 9.26. The highest BCUT2D eigenvalue weighted by molar-refractivity contribution is 5.66. The first-order chi connectivity index (χ1) is 6.49. The third-order valence-electron chi connectivity index (χ3n) is 2.77. The first-order valence-electron chi connectivity index (χ1n) is 5.00. The van der Waals surface area contributed by atoms with Crippen LogP contribution in [0.25, 0.3) is 5.57 Å². The molecular formula is C12H16N2. The maximum Gasteiger partial charge on any atom is 0.116 e. The largest absolute Gasteiger partial charge is 0.241 e. The van der Waals surface area contributed by atoms with Crippen molar-refractivity contribution in [2.24, 2.45) is 5.41 Å². The highest BCUT2D eigenvalue weighted by atomic mass is 14.8. The van der Waals surface area contributed by atoms with E-state index in [0.717, 1.165) is 17.8 Å². The van der Waals surface area contributed by atoms with Gasteiger partial charge in [-0.15, -0.1) is 0 Å². The van der Waals surface area contributed by atoms with Gasteiger partial charge in [-0.1, -0.05) is 19.9 Å². The number of hydrogen-bond acceptors (Lipinski definition) is 2. The van der Waals surface area contributed by atoms with Crippen molar-refractivity contribution in [2.45, 2.75) is 34.1 Å². The molecule has 1 aliphatic carbocycles. The van der Waals surface area contributed by atoms with Crippen LogP contribution >= 0.6 is 0 Å². The summed E-state index contributed by atoms with van der Waals surface area (Å²) in [6.07, 6.45) is 5.01. The molecule has 2 rings (SSSR count). The van der Waals surface area contributed by atoms with Gasteiger partial charge in [-0.05, 0) is 31.3 Å². The van der Waals surface area contributed by atoms with Crippen molar-refractivity contribution in [3.63, 3.8) is 0 Å². The molecule has 0 saturated carbocycles. The minimum absolute atomic E-state index is 0.243. The molecule has 2 heteroatoms. The van der Waals surface area contributed by atoms with Gasteiger partial charge in [-0.2, -0.15) is 0 Å². The quantitative estimate of drug-likeness (QED) is 0.625. The van der Waals surface area contributed by atoms with Crippen LogP contribution in [0.1, 0.15) is 37.7 Å². The molecule has 0 aromatic carbocycles. The van der Waals surface area contributed by atoms with Gasteiger partial charge in [-0.3, -0.25) is 0 Å². The van der Waals surface area contributed by atoms with E-state index in [4.69, 9.17) is 0 Å². The molecule has 1 aliphatic rings. The second-order valence-electron chi connectivity index (χ2n) is 4.78. The van der Waals surface area contributed by atoms with E-state index in [2.05, 4.69) is 43.7 Å². The van der Waals surface area contributed by atoms with Crippen LogP contribution in [0.2, 0.25) is 0 Å². The maximum absolute atomic E-state index is 4.35. The number of nitrogens with zero attached hydrogens (tertiary/aromatic N) is 2. The van der Waals surface area contributed by atoms with E-state index in [9.17, 15) is 0 Å². The summed E-state index contributed by atoms with van der Waals surface area (Å²) >= 11 is 0. The number of allylic oxidation sites excluding steroid dienone is 2. The smallest absolute Gasteiger partial charge is 0.116 e. The van der Waals surface area contributed by atoms with Crippen LogP contribution in [0.3, 0.4) is 0 Å². The molecule has 0 radical (unpaired) electrons. The summed E-state index contributed by atoms with van der Waals surface area (Å²) in [7, 11) is 0. The van der Waals surface area contributed by atoms with Crippen molar-refractivity contribution in [3.8, 4) is 0 Å². The Morgan fingerprint density at radius 3 is 2.64 bits per heavy atom. The van der Waals surface area contributed by atoms with Crippen molar-refractivity contribution in [3.05, 3.63) is 29.4 Å². The molecule has 0 bridgehead atoms. The third-order valence-corrected chi connectivity index (χ3v) is 2.77. The molecule has 1 aromatic heterocycles. The van der Waals surface area contributed by atoms with Crippen molar-refractivity contribution >= 4 is 5.57 Å². The van der Waals surface area contributed by atoms with Crippen molar-refractivity contribution < 1.29 is 0 Å². The zero-order valence-electron chi connectivity index (χ0n) is 9.26. The van der Waals surface area contributed by atoms with Crippen LogP contribution in [-0.2, 0) is 6.42 Å². The summed E-state index contributed by atoms with van der Waals surface area (Å²) in [4.78, 5) is 8.60. The zero-order chi connectivity index (χ0) is 10.3. The Kier molecular flexibility index (Phi) is 1.95. The SMILES string of the molecule is CC1=CC(C)(C)Cc2c(C)ncnc21. The second-order valence-corrected chi connectivity index (χ2v) is 4.78. The second kappa shape index (κ2) is 2.91. The molecule has 0 amide bonds. The van der Waals surface area contributed by atoms with Crippen LogP contribution in [0, 0.1) is 12.3 Å². The normalized spacial score (nSPS) is 18.7. The lowest BCUT2D eigenvalue weighted by Crippen LogP contribution is -2.19. The lowest BCUT2D eigenvalue weighted by molar-refractivity contribution is 0.468. The molecule has 0 aliphatic heterocycles. The third kappa shape index (κ3) is 1.45. The molecule has 1 heterocycles. The molecular weight excluding hydrogens is 172 g/mol. The van der Waals surface area contributed by atoms with E-state index in [1.807, 2.05) is 0 Å². The Morgan fingerprint density at radius 1 is 1.21 bits per heavy atom. The standard InChI is InChI=1S/C12H16N2/c1-8-5-12(3,4)6-10-9(2)13-7-14-11(8)10/h5,7H,6H2,1-4H3. The van der Waals surface area contributed by atoms with E-state index < -0.39 is 0 Å².